The molecule has 0 rings (SSSR count). The van der Waals surface area contributed by atoms with Gasteiger partial charge in [-0.25, -0.2) is 0 Å². The number of halogens is 2. The smallest absolute Gasteiger partial charge is 0.288 e. The summed E-state index contributed by atoms with van der Waals surface area (Å²) < 4.78 is 0. The van der Waals surface area contributed by atoms with Gasteiger partial charge in [0.05, 0.1) is 6.54 Å². The van der Waals surface area contributed by atoms with E-state index in [-0.39, 0.29) is 22.0 Å². The van der Waals surface area contributed by atoms with Gasteiger partial charge in [-0.15, -0.1) is 0 Å². The number of nitrogens with two attached hydrogens (primary N) is 1. The van der Waals surface area contributed by atoms with Crippen molar-refractivity contribution in [2.24, 2.45) is 5.73 Å². The van der Waals surface area contributed by atoms with E-state index in [9.17, 15) is 0 Å². The lowest BCUT2D eigenvalue weighted by Gasteiger charge is -2.17. The summed E-state index contributed by atoms with van der Waals surface area (Å²) in [5, 5.41) is 27.7. The van der Waals surface area contributed by atoms with E-state index in [1.807, 2.05) is 0 Å². The predicted octanol–water partition coefficient (Wildman–Crippen LogP) is -2.14. The van der Waals surface area contributed by atoms with Crippen LogP contribution in [0.5, 0.6) is 0 Å². The van der Waals surface area contributed by atoms with Crippen LogP contribution in [-0.2, 0) is 0 Å². The summed E-state index contributed by atoms with van der Waals surface area (Å²) in [4.78, 5) is 0. The van der Waals surface area contributed by atoms with Gasteiger partial charge >= 0.3 is 0 Å². The Kier molecular flexibility index (Phi) is 10.8. The lowest BCUT2D eigenvalue weighted by atomic mass is 10.3. The molecule has 0 saturated heterocycles. The second kappa shape index (κ2) is 7.32. The topological polar surface area (TPSA) is 98.7 Å². The zero-order valence-corrected chi connectivity index (χ0v) is 6.73. The SMILES string of the molecule is CC(CN)NCC(O)(O)O.F.F. The molecule has 1 atom stereocenters. The van der Waals surface area contributed by atoms with Crippen molar-refractivity contribution in [3.05, 3.63) is 0 Å². The number of hydrogen-bond acceptors (Lipinski definition) is 5. The molecule has 0 aliphatic rings. The standard InChI is InChI=1S/C5H14N2O3.2FH/c1-4(2-6)7-3-5(8,9)10;;/h4,7-10H,2-3,6H2,1H3;2*1H. The molecule has 0 bridgehead atoms. The van der Waals surface area contributed by atoms with Crippen molar-refractivity contribution in [2.45, 2.75) is 18.9 Å². The van der Waals surface area contributed by atoms with Crippen molar-refractivity contribution in [3.63, 3.8) is 0 Å². The van der Waals surface area contributed by atoms with E-state index in [0.717, 1.165) is 0 Å². The molecule has 0 aliphatic heterocycles. The van der Waals surface area contributed by atoms with Crippen molar-refractivity contribution < 1.29 is 24.7 Å². The van der Waals surface area contributed by atoms with Gasteiger partial charge in [0.2, 0.25) is 0 Å². The highest BCUT2D eigenvalue weighted by atomic mass is 19.0. The number of rotatable bonds is 4. The first kappa shape index (κ1) is 17.7. The normalized spacial score (nSPS) is 12.8. The molecule has 7 heteroatoms. The molecule has 0 fully saturated rings. The predicted molar refractivity (Wildman–Crippen MR) is 40.9 cm³/mol. The van der Waals surface area contributed by atoms with Gasteiger partial charge in [-0.2, -0.15) is 0 Å². The molecule has 0 aromatic rings. The van der Waals surface area contributed by atoms with Crippen LogP contribution >= 0.6 is 0 Å². The van der Waals surface area contributed by atoms with Crippen molar-refractivity contribution >= 4 is 0 Å². The Morgan fingerprint density at radius 3 is 2.00 bits per heavy atom. The second-order valence-corrected chi connectivity index (χ2v) is 2.29. The molecule has 0 aliphatic carbocycles. The number of nitrogens with one attached hydrogen (secondary N) is 1. The van der Waals surface area contributed by atoms with Crippen LogP contribution < -0.4 is 11.1 Å². The van der Waals surface area contributed by atoms with Gasteiger partial charge in [-0.3, -0.25) is 9.41 Å². The Hall–Kier alpha value is -0.340. The highest BCUT2D eigenvalue weighted by Crippen LogP contribution is 1.88. The first-order valence-electron chi connectivity index (χ1n) is 3.06. The van der Waals surface area contributed by atoms with Gasteiger partial charge in [-0.05, 0) is 6.92 Å². The average Bonchev–Trinajstić information content (AvgIpc) is 1.81. The molecule has 78 valence electrons. The highest BCUT2D eigenvalue weighted by molar-refractivity contribution is 4.62. The Balaban J connectivity index is -0.000000405. The molecule has 0 aromatic heterocycles. The van der Waals surface area contributed by atoms with Gasteiger partial charge in [0.1, 0.15) is 0 Å². The molecule has 6 N–H and O–H groups in total. The lowest BCUT2D eigenvalue weighted by molar-refractivity contribution is -0.306. The highest BCUT2D eigenvalue weighted by Gasteiger charge is 2.17. The Labute approximate surface area is 68.9 Å². The third-order valence-corrected chi connectivity index (χ3v) is 1.04. The summed E-state index contributed by atoms with van der Waals surface area (Å²) in [6.45, 7) is 1.85. The largest absolute Gasteiger partial charge is 0.343 e. The van der Waals surface area contributed by atoms with Crippen LogP contribution in [0, 0.1) is 0 Å². The van der Waals surface area contributed by atoms with Crippen LogP contribution in [-0.4, -0.2) is 40.4 Å². The third kappa shape index (κ3) is 12.3. The van der Waals surface area contributed by atoms with Crippen molar-refractivity contribution in [1.29, 1.82) is 0 Å². The van der Waals surface area contributed by atoms with Gasteiger partial charge < -0.3 is 26.4 Å². The number of aliphatic hydroxyl groups is 3. The lowest BCUT2D eigenvalue weighted by Crippen LogP contribution is -2.45. The van der Waals surface area contributed by atoms with Gasteiger partial charge in [0.25, 0.3) is 5.97 Å². The monoisotopic (exact) mass is 190 g/mol. The molecular weight excluding hydrogens is 174 g/mol. The Morgan fingerprint density at radius 1 is 1.33 bits per heavy atom. The fourth-order valence-electron chi connectivity index (χ4n) is 0.394. The van der Waals surface area contributed by atoms with E-state index in [1.54, 1.807) is 6.92 Å². The molecule has 0 amide bonds. The Bertz CT molecular complexity index is 99.2. The molecule has 0 spiro atoms. The molecule has 0 saturated carbocycles. The minimum absolute atomic E-state index is 0. The first-order valence-corrected chi connectivity index (χ1v) is 3.06. The van der Waals surface area contributed by atoms with E-state index in [1.165, 1.54) is 0 Å². The van der Waals surface area contributed by atoms with Gasteiger partial charge in [0.15, 0.2) is 0 Å². The van der Waals surface area contributed by atoms with Crippen LogP contribution in [0.3, 0.4) is 0 Å². The van der Waals surface area contributed by atoms with E-state index in [2.05, 4.69) is 5.32 Å². The average molecular weight is 190 g/mol. The summed E-state index contributed by atoms with van der Waals surface area (Å²) in [6, 6.07) is -0.0363. The van der Waals surface area contributed by atoms with Crippen molar-refractivity contribution in [1.82, 2.24) is 5.32 Å². The maximum absolute atomic E-state index is 8.37. The third-order valence-electron chi connectivity index (χ3n) is 1.04. The van der Waals surface area contributed by atoms with E-state index >= 15 is 0 Å². The molecule has 12 heavy (non-hydrogen) atoms. The Morgan fingerprint density at radius 2 is 1.75 bits per heavy atom. The molecular formula is C5H16F2N2O3. The van der Waals surface area contributed by atoms with Crippen LogP contribution in [0.2, 0.25) is 0 Å². The van der Waals surface area contributed by atoms with E-state index in [0.29, 0.717) is 6.54 Å². The summed E-state index contributed by atoms with van der Waals surface area (Å²) in [5.74, 6) is -2.64. The zero-order valence-electron chi connectivity index (χ0n) is 6.73. The minimum atomic E-state index is -2.64. The number of hydrogen-bond donors (Lipinski definition) is 5. The van der Waals surface area contributed by atoms with Crippen molar-refractivity contribution in [2.75, 3.05) is 13.1 Å². The van der Waals surface area contributed by atoms with Gasteiger partial charge in [-0.1, -0.05) is 0 Å². The maximum Gasteiger partial charge on any atom is 0.288 e. The van der Waals surface area contributed by atoms with E-state index < -0.39 is 5.97 Å². The second-order valence-electron chi connectivity index (χ2n) is 2.29. The summed E-state index contributed by atoms with van der Waals surface area (Å²) >= 11 is 0. The van der Waals surface area contributed by atoms with Crippen LogP contribution in [0.1, 0.15) is 6.92 Å². The van der Waals surface area contributed by atoms with Crippen LogP contribution in [0.15, 0.2) is 0 Å². The molecule has 1 unspecified atom stereocenters. The quantitative estimate of drug-likeness (QED) is 0.326. The maximum atomic E-state index is 8.37. The summed E-state index contributed by atoms with van der Waals surface area (Å²) in [5.41, 5.74) is 5.19. The van der Waals surface area contributed by atoms with Crippen LogP contribution in [0.25, 0.3) is 0 Å². The molecule has 0 radical (unpaired) electrons. The van der Waals surface area contributed by atoms with Crippen LogP contribution in [0.4, 0.5) is 9.41 Å². The van der Waals surface area contributed by atoms with Gasteiger partial charge in [0, 0.05) is 12.6 Å². The first-order chi connectivity index (χ1) is 4.45. The fourth-order valence-corrected chi connectivity index (χ4v) is 0.394. The molecule has 0 heterocycles. The minimum Gasteiger partial charge on any atom is -0.343 e. The molecule has 5 nitrogen and oxygen atoms in total. The van der Waals surface area contributed by atoms with E-state index in [4.69, 9.17) is 21.1 Å². The zero-order chi connectivity index (χ0) is 8.20. The fraction of sp³-hybridized carbons (Fsp3) is 1.00. The van der Waals surface area contributed by atoms with Crippen molar-refractivity contribution in [3.8, 4) is 0 Å². The summed E-state index contributed by atoms with van der Waals surface area (Å²) in [7, 11) is 0. The molecule has 0 aromatic carbocycles. The summed E-state index contributed by atoms with van der Waals surface area (Å²) in [6.07, 6.45) is 0.